The number of allylic oxidation sites excluding steroid dienone is 1. The number of ether oxygens (including phenoxy) is 1. The zero-order valence-electron chi connectivity index (χ0n) is 16.1. The average molecular weight is 418 g/mol. The minimum atomic E-state index is -4.19. The van der Waals surface area contributed by atoms with Gasteiger partial charge in [-0.05, 0) is 36.6 Å². The predicted octanol–water partition coefficient (Wildman–Crippen LogP) is 5.23. The van der Waals surface area contributed by atoms with Crippen LogP contribution in [0.5, 0.6) is 5.75 Å². The van der Waals surface area contributed by atoms with Gasteiger partial charge in [0.25, 0.3) is 0 Å². The molecule has 7 heteroatoms. The molecule has 0 amide bonds. The van der Waals surface area contributed by atoms with Crippen LogP contribution in [0.25, 0.3) is 0 Å². The Morgan fingerprint density at radius 3 is 2.43 bits per heavy atom. The number of fused-ring (bicyclic) bond motifs is 1. The van der Waals surface area contributed by atoms with Crippen molar-refractivity contribution in [2.45, 2.75) is 38.0 Å². The van der Waals surface area contributed by atoms with Gasteiger partial charge in [0.2, 0.25) is 0 Å². The summed E-state index contributed by atoms with van der Waals surface area (Å²) in [4.78, 5) is 24.8. The fourth-order valence-electron chi connectivity index (χ4n) is 3.28. The summed E-state index contributed by atoms with van der Waals surface area (Å²) in [6.45, 7) is -0.107. The highest BCUT2D eigenvalue weighted by atomic mass is 19.4. The molecule has 1 aliphatic rings. The molecule has 158 valence electrons. The number of carbonyl (C=O) groups is 2. The number of rotatable bonds is 8. The monoisotopic (exact) mass is 418 g/mol. The second-order valence-corrected chi connectivity index (χ2v) is 7.15. The van der Waals surface area contributed by atoms with E-state index in [1.807, 2.05) is 0 Å². The van der Waals surface area contributed by atoms with Crippen molar-refractivity contribution in [1.29, 1.82) is 0 Å². The number of carbonyl (C=O) groups excluding carboxylic acids is 2. The molecule has 0 bridgehead atoms. The van der Waals surface area contributed by atoms with Crippen LogP contribution in [0.2, 0.25) is 0 Å². The summed E-state index contributed by atoms with van der Waals surface area (Å²) in [5, 5.41) is 10.2. The minimum absolute atomic E-state index is 0.0392. The molecule has 0 fully saturated rings. The molecule has 0 radical (unpaired) electrons. The molecule has 30 heavy (non-hydrogen) atoms. The third-order valence-corrected chi connectivity index (χ3v) is 4.86. The molecule has 1 unspecified atom stereocenters. The number of Topliss-reactive ketones (excluding diaryl/α,β-unsaturated/α-hetero) is 1. The van der Waals surface area contributed by atoms with Gasteiger partial charge in [0.15, 0.2) is 11.6 Å². The largest absolute Gasteiger partial charge is 0.489 e. The van der Waals surface area contributed by atoms with E-state index in [4.69, 9.17) is 4.74 Å². The van der Waals surface area contributed by atoms with Gasteiger partial charge < -0.3 is 9.84 Å². The summed E-state index contributed by atoms with van der Waals surface area (Å²) in [6.07, 6.45) is -4.29. The Morgan fingerprint density at radius 1 is 0.967 bits per heavy atom. The van der Waals surface area contributed by atoms with Crippen molar-refractivity contribution >= 4 is 11.6 Å². The van der Waals surface area contributed by atoms with Crippen molar-refractivity contribution < 1.29 is 32.6 Å². The second kappa shape index (κ2) is 9.26. The van der Waals surface area contributed by atoms with Crippen LogP contribution in [-0.4, -0.2) is 29.5 Å². The quantitative estimate of drug-likeness (QED) is 0.597. The maximum Gasteiger partial charge on any atom is 0.389 e. The Bertz CT molecular complexity index is 963. The molecule has 0 aromatic heterocycles. The lowest BCUT2D eigenvalue weighted by atomic mass is 9.90. The fourth-order valence-corrected chi connectivity index (χ4v) is 3.28. The molecule has 4 nitrogen and oxygen atoms in total. The summed E-state index contributed by atoms with van der Waals surface area (Å²) in [5.41, 5.74) is 1.45. The molecule has 2 aromatic carbocycles. The van der Waals surface area contributed by atoms with E-state index >= 15 is 0 Å². The van der Waals surface area contributed by atoms with Crippen LogP contribution in [0.3, 0.4) is 0 Å². The van der Waals surface area contributed by atoms with Crippen LogP contribution in [0.15, 0.2) is 60.2 Å². The molecule has 0 saturated carbocycles. The fraction of sp³-hybridized carbons (Fsp3) is 0.304. The molecule has 0 saturated heterocycles. The Balaban J connectivity index is 1.58. The number of hydrogen-bond acceptors (Lipinski definition) is 4. The van der Waals surface area contributed by atoms with Crippen LogP contribution in [0.1, 0.15) is 58.1 Å². The van der Waals surface area contributed by atoms with E-state index in [-0.39, 0.29) is 43.0 Å². The maximum atomic E-state index is 12.6. The van der Waals surface area contributed by atoms with Crippen molar-refractivity contribution in [2.75, 3.05) is 6.61 Å². The van der Waals surface area contributed by atoms with Crippen LogP contribution in [-0.2, 0) is 0 Å². The molecule has 1 N–H and O–H groups in total. The summed E-state index contributed by atoms with van der Waals surface area (Å²) in [5.74, 6) is -0.139. The number of alkyl halides is 3. The number of ketones is 2. The third kappa shape index (κ3) is 5.57. The number of benzene rings is 2. The van der Waals surface area contributed by atoms with E-state index < -0.39 is 18.7 Å². The van der Waals surface area contributed by atoms with Crippen molar-refractivity contribution in [1.82, 2.24) is 0 Å². The Kier molecular flexibility index (Phi) is 6.72. The van der Waals surface area contributed by atoms with Crippen LogP contribution >= 0.6 is 0 Å². The van der Waals surface area contributed by atoms with Gasteiger partial charge >= 0.3 is 6.18 Å². The van der Waals surface area contributed by atoms with E-state index in [0.717, 1.165) is 0 Å². The smallest absolute Gasteiger partial charge is 0.389 e. The van der Waals surface area contributed by atoms with Gasteiger partial charge in [-0.2, -0.15) is 13.2 Å². The summed E-state index contributed by atoms with van der Waals surface area (Å²) >= 11 is 0. The molecule has 0 heterocycles. The van der Waals surface area contributed by atoms with E-state index in [1.165, 1.54) is 6.08 Å². The first-order valence-corrected chi connectivity index (χ1v) is 9.61. The van der Waals surface area contributed by atoms with Crippen molar-refractivity contribution in [2.24, 2.45) is 0 Å². The van der Waals surface area contributed by atoms with Crippen LogP contribution in [0, 0.1) is 0 Å². The molecule has 1 atom stereocenters. The standard InChI is InChI=1S/C23H21F3O4/c24-23(25,26)11-4-3-10-20(27)15-6-5-7-17(12-15)30-14-16-13-21(28)18-8-1-2-9-19(18)22(16)29/h1-2,5-9,12-13,20,27H,3-4,10-11,14H2. The lowest BCUT2D eigenvalue weighted by molar-refractivity contribution is -0.135. The molecule has 0 aliphatic heterocycles. The van der Waals surface area contributed by atoms with E-state index in [9.17, 15) is 27.9 Å². The average Bonchev–Trinajstić information content (AvgIpc) is 2.72. The van der Waals surface area contributed by atoms with E-state index in [2.05, 4.69) is 0 Å². The SMILES string of the molecule is O=C1C=C(COc2cccc(C(O)CCCCC(F)(F)F)c2)C(=O)c2ccccc21. The van der Waals surface area contributed by atoms with Crippen molar-refractivity contribution in [3.63, 3.8) is 0 Å². The maximum absolute atomic E-state index is 12.6. The molecule has 0 spiro atoms. The van der Waals surface area contributed by atoms with Crippen molar-refractivity contribution in [3.05, 3.63) is 76.9 Å². The molecule has 1 aliphatic carbocycles. The van der Waals surface area contributed by atoms with Crippen molar-refractivity contribution in [3.8, 4) is 5.75 Å². The topological polar surface area (TPSA) is 63.6 Å². The zero-order chi connectivity index (χ0) is 21.7. The second-order valence-electron chi connectivity index (χ2n) is 7.15. The van der Waals surface area contributed by atoms with E-state index in [0.29, 0.717) is 22.4 Å². The van der Waals surface area contributed by atoms with Gasteiger partial charge in [0.05, 0.1) is 6.10 Å². The molecule has 3 rings (SSSR count). The first kappa shape index (κ1) is 21.8. The van der Waals surface area contributed by atoms with E-state index in [1.54, 1.807) is 48.5 Å². The summed E-state index contributed by atoms with van der Waals surface area (Å²) in [7, 11) is 0. The number of halogens is 3. The van der Waals surface area contributed by atoms with Crippen LogP contribution in [0.4, 0.5) is 13.2 Å². The molecular formula is C23H21F3O4. The zero-order valence-corrected chi connectivity index (χ0v) is 16.1. The number of aliphatic hydroxyl groups is 1. The van der Waals surface area contributed by atoms with Gasteiger partial charge in [-0.15, -0.1) is 0 Å². The number of aliphatic hydroxyl groups excluding tert-OH is 1. The predicted molar refractivity (Wildman–Crippen MR) is 105 cm³/mol. The molecular weight excluding hydrogens is 397 g/mol. The van der Waals surface area contributed by atoms with Gasteiger partial charge in [-0.3, -0.25) is 9.59 Å². The highest BCUT2D eigenvalue weighted by Gasteiger charge is 2.26. The third-order valence-electron chi connectivity index (χ3n) is 4.86. The first-order valence-electron chi connectivity index (χ1n) is 9.61. The van der Waals surface area contributed by atoms with Crippen LogP contribution < -0.4 is 4.74 Å². The number of unbranched alkanes of at least 4 members (excludes halogenated alkanes) is 1. The minimum Gasteiger partial charge on any atom is -0.489 e. The summed E-state index contributed by atoms with van der Waals surface area (Å²) < 4.78 is 42.2. The lowest BCUT2D eigenvalue weighted by Crippen LogP contribution is -2.20. The lowest BCUT2D eigenvalue weighted by Gasteiger charge is -2.16. The Morgan fingerprint density at radius 2 is 1.70 bits per heavy atom. The summed E-state index contributed by atoms with van der Waals surface area (Å²) in [6, 6.07) is 13.1. The van der Waals surface area contributed by atoms with Gasteiger partial charge in [-0.25, -0.2) is 0 Å². The Labute approximate surface area is 172 Å². The van der Waals surface area contributed by atoms with Gasteiger partial charge in [0, 0.05) is 23.1 Å². The first-order chi connectivity index (χ1) is 14.2. The highest BCUT2D eigenvalue weighted by Crippen LogP contribution is 2.27. The van der Waals surface area contributed by atoms with Gasteiger partial charge in [0.1, 0.15) is 12.4 Å². The highest BCUT2D eigenvalue weighted by molar-refractivity contribution is 6.24. The van der Waals surface area contributed by atoms with Gasteiger partial charge in [-0.1, -0.05) is 42.8 Å². The Hall–Kier alpha value is -2.93. The number of hydrogen-bond donors (Lipinski definition) is 1. The molecule has 2 aromatic rings. The normalized spacial score (nSPS) is 14.9.